The molecular formula is C8H7BrN4O3S. The molecule has 4 N–H and O–H groups in total. The molecule has 0 bridgehead atoms. The number of aromatic hydroxyl groups is 1. The van der Waals surface area contributed by atoms with Crippen LogP contribution in [-0.4, -0.2) is 21.4 Å². The lowest BCUT2D eigenvalue weighted by Crippen LogP contribution is -2.24. The van der Waals surface area contributed by atoms with Crippen LogP contribution in [0, 0.1) is 10.1 Å². The lowest BCUT2D eigenvalue weighted by Gasteiger charge is -2.01. The van der Waals surface area contributed by atoms with E-state index in [1.54, 1.807) is 0 Å². The van der Waals surface area contributed by atoms with E-state index in [9.17, 15) is 15.2 Å². The van der Waals surface area contributed by atoms with Gasteiger partial charge in [-0.15, -0.1) is 0 Å². The average Bonchev–Trinajstić information content (AvgIpc) is 2.21. The highest BCUT2D eigenvalue weighted by molar-refractivity contribution is 9.10. The first-order chi connectivity index (χ1) is 7.91. The third-order valence-corrected chi connectivity index (χ3v) is 2.21. The summed E-state index contributed by atoms with van der Waals surface area (Å²) in [5, 5.41) is 23.8. The quantitative estimate of drug-likeness (QED) is 0.334. The number of benzene rings is 1. The number of hydrazone groups is 1. The Kier molecular flexibility index (Phi) is 4.35. The molecule has 0 aliphatic carbocycles. The summed E-state index contributed by atoms with van der Waals surface area (Å²) in [5.41, 5.74) is 7.14. The zero-order valence-corrected chi connectivity index (χ0v) is 10.7. The highest BCUT2D eigenvalue weighted by atomic mass is 79.9. The van der Waals surface area contributed by atoms with Crippen LogP contribution in [0.25, 0.3) is 0 Å². The van der Waals surface area contributed by atoms with Gasteiger partial charge < -0.3 is 10.8 Å². The number of phenolic OH excluding ortho intramolecular Hbond substituents is 1. The van der Waals surface area contributed by atoms with Crippen LogP contribution in [0.3, 0.4) is 0 Å². The summed E-state index contributed by atoms with van der Waals surface area (Å²) in [6, 6.07) is 2.65. The first kappa shape index (κ1) is 13.3. The number of nitrogens with two attached hydrogens (primary N) is 1. The Bertz CT molecular complexity index is 506. The van der Waals surface area contributed by atoms with Gasteiger partial charge in [0, 0.05) is 16.1 Å². The van der Waals surface area contributed by atoms with Crippen molar-refractivity contribution in [2.24, 2.45) is 10.8 Å². The molecule has 9 heteroatoms. The summed E-state index contributed by atoms with van der Waals surface area (Å²) >= 11 is 7.60. The molecule has 1 rings (SSSR count). The summed E-state index contributed by atoms with van der Waals surface area (Å²) in [6.45, 7) is 0. The molecule has 0 radical (unpaired) electrons. The van der Waals surface area contributed by atoms with E-state index < -0.39 is 16.4 Å². The molecule has 0 unspecified atom stereocenters. The molecule has 1 aromatic carbocycles. The molecule has 0 aliphatic heterocycles. The van der Waals surface area contributed by atoms with E-state index in [-0.39, 0.29) is 10.7 Å². The van der Waals surface area contributed by atoms with Gasteiger partial charge in [-0.2, -0.15) is 5.10 Å². The molecule has 0 spiro atoms. The number of halogens is 1. The maximum absolute atomic E-state index is 10.6. The van der Waals surface area contributed by atoms with Gasteiger partial charge in [-0.1, -0.05) is 15.9 Å². The van der Waals surface area contributed by atoms with Crippen LogP contribution in [0.5, 0.6) is 5.75 Å². The number of phenols is 1. The van der Waals surface area contributed by atoms with Crippen molar-refractivity contribution in [3.05, 3.63) is 32.3 Å². The van der Waals surface area contributed by atoms with Crippen molar-refractivity contribution in [1.82, 2.24) is 5.43 Å². The Morgan fingerprint density at radius 2 is 2.35 bits per heavy atom. The van der Waals surface area contributed by atoms with E-state index >= 15 is 0 Å². The third kappa shape index (κ3) is 3.64. The number of nitrogens with zero attached hydrogens (tertiary/aromatic N) is 2. The number of nitro groups is 1. The fourth-order valence-corrected chi connectivity index (χ4v) is 1.52. The summed E-state index contributed by atoms with van der Waals surface area (Å²) < 4.78 is 0.443. The van der Waals surface area contributed by atoms with Crippen molar-refractivity contribution in [1.29, 1.82) is 0 Å². The Morgan fingerprint density at radius 3 is 2.88 bits per heavy atom. The van der Waals surface area contributed by atoms with E-state index in [1.165, 1.54) is 18.3 Å². The Labute approximate surface area is 110 Å². The molecule has 90 valence electrons. The fourth-order valence-electron chi connectivity index (χ4n) is 1.01. The summed E-state index contributed by atoms with van der Waals surface area (Å²) in [6.07, 6.45) is 1.17. The number of hydrogen-bond donors (Lipinski definition) is 3. The lowest BCUT2D eigenvalue weighted by molar-refractivity contribution is -0.385. The molecule has 0 aromatic heterocycles. The van der Waals surface area contributed by atoms with Crippen LogP contribution in [0.15, 0.2) is 21.7 Å². The highest BCUT2D eigenvalue weighted by Crippen LogP contribution is 2.32. The minimum atomic E-state index is -0.696. The van der Waals surface area contributed by atoms with Gasteiger partial charge in [0.2, 0.25) is 5.75 Å². The Morgan fingerprint density at radius 1 is 1.71 bits per heavy atom. The van der Waals surface area contributed by atoms with Crippen molar-refractivity contribution in [3.63, 3.8) is 0 Å². The monoisotopic (exact) mass is 318 g/mol. The number of rotatable bonds is 3. The molecule has 1 aromatic rings. The molecule has 0 aliphatic rings. The van der Waals surface area contributed by atoms with Crippen LogP contribution < -0.4 is 11.2 Å². The zero-order valence-electron chi connectivity index (χ0n) is 8.25. The molecule has 0 heterocycles. The molecule has 17 heavy (non-hydrogen) atoms. The second kappa shape index (κ2) is 5.55. The first-order valence-electron chi connectivity index (χ1n) is 4.17. The third-order valence-electron chi connectivity index (χ3n) is 1.66. The van der Waals surface area contributed by atoms with E-state index in [2.05, 4.69) is 38.7 Å². The standard InChI is InChI=1S/C8H7BrN4O3S/c9-5-1-4(3-11-12-8(10)17)7(14)6(2-5)13(15)16/h1-3,14H,(H3,10,12,17)/b11-3-. The summed E-state index contributed by atoms with van der Waals surface area (Å²) in [7, 11) is 0. The maximum atomic E-state index is 10.6. The summed E-state index contributed by atoms with van der Waals surface area (Å²) in [4.78, 5) is 9.94. The van der Waals surface area contributed by atoms with Crippen LogP contribution >= 0.6 is 28.1 Å². The van der Waals surface area contributed by atoms with E-state index in [0.29, 0.717) is 4.47 Å². The van der Waals surface area contributed by atoms with Gasteiger partial charge in [-0.25, -0.2) is 0 Å². The van der Waals surface area contributed by atoms with Crippen LogP contribution in [-0.2, 0) is 0 Å². The zero-order chi connectivity index (χ0) is 13.0. The van der Waals surface area contributed by atoms with E-state index in [0.717, 1.165) is 0 Å². The molecular weight excluding hydrogens is 312 g/mol. The van der Waals surface area contributed by atoms with Gasteiger partial charge in [0.1, 0.15) is 0 Å². The molecule has 7 nitrogen and oxygen atoms in total. The number of nitrogens with one attached hydrogen (secondary N) is 1. The first-order valence-corrected chi connectivity index (χ1v) is 5.37. The van der Waals surface area contributed by atoms with Crippen molar-refractivity contribution < 1.29 is 10.0 Å². The average molecular weight is 319 g/mol. The lowest BCUT2D eigenvalue weighted by atomic mass is 10.2. The molecule has 0 atom stereocenters. The van der Waals surface area contributed by atoms with Gasteiger partial charge in [0.05, 0.1) is 11.1 Å². The number of thiocarbonyl (C=S) groups is 1. The van der Waals surface area contributed by atoms with Crippen LogP contribution in [0.2, 0.25) is 0 Å². The predicted molar refractivity (Wildman–Crippen MR) is 70.0 cm³/mol. The van der Waals surface area contributed by atoms with Crippen molar-refractivity contribution in [2.45, 2.75) is 0 Å². The largest absolute Gasteiger partial charge is 0.502 e. The number of nitro benzene ring substituents is 1. The van der Waals surface area contributed by atoms with Crippen molar-refractivity contribution in [3.8, 4) is 5.75 Å². The van der Waals surface area contributed by atoms with Gasteiger partial charge in [-0.3, -0.25) is 15.5 Å². The molecule has 0 saturated heterocycles. The maximum Gasteiger partial charge on any atom is 0.312 e. The summed E-state index contributed by atoms with van der Waals surface area (Å²) in [5.74, 6) is -0.480. The number of hydrogen-bond acceptors (Lipinski definition) is 5. The van der Waals surface area contributed by atoms with E-state index in [1.807, 2.05) is 0 Å². The second-order valence-corrected chi connectivity index (χ2v) is 4.21. The van der Waals surface area contributed by atoms with E-state index in [4.69, 9.17) is 5.73 Å². The predicted octanol–water partition coefficient (Wildman–Crippen LogP) is 1.23. The van der Waals surface area contributed by atoms with Crippen molar-refractivity contribution >= 4 is 45.2 Å². The van der Waals surface area contributed by atoms with Gasteiger partial charge in [-0.05, 0) is 18.3 Å². The molecule has 0 amide bonds. The molecule has 0 fully saturated rings. The molecule has 0 saturated carbocycles. The van der Waals surface area contributed by atoms with Crippen molar-refractivity contribution in [2.75, 3.05) is 0 Å². The topological polar surface area (TPSA) is 114 Å². The second-order valence-electron chi connectivity index (χ2n) is 2.85. The Balaban J connectivity index is 3.11. The SMILES string of the molecule is NC(=S)N/N=C\c1cc(Br)cc([N+](=O)[O-])c1O. The van der Waals surface area contributed by atoms with Gasteiger partial charge in [0.25, 0.3) is 0 Å². The minimum Gasteiger partial charge on any atom is -0.502 e. The minimum absolute atomic E-state index is 0.0507. The van der Waals surface area contributed by atoms with Crippen LogP contribution in [0.4, 0.5) is 5.69 Å². The fraction of sp³-hybridized carbons (Fsp3) is 0. The van der Waals surface area contributed by atoms with Gasteiger partial charge in [0.15, 0.2) is 5.11 Å². The van der Waals surface area contributed by atoms with Gasteiger partial charge >= 0.3 is 5.69 Å². The smallest absolute Gasteiger partial charge is 0.312 e. The normalized spacial score (nSPS) is 10.4. The Hall–Kier alpha value is -1.74. The van der Waals surface area contributed by atoms with Crippen LogP contribution in [0.1, 0.15) is 5.56 Å². The highest BCUT2D eigenvalue weighted by Gasteiger charge is 2.17.